The molecule has 1 saturated carbocycles. The van der Waals surface area contributed by atoms with E-state index in [9.17, 15) is 4.79 Å². The maximum absolute atomic E-state index is 12.3. The molecule has 6 nitrogen and oxygen atoms in total. The third kappa shape index (κ3) is 4.24. The molecular weight excluding hydrogens is 314 g/mol. The molecule has 1 fully saturated rings. The van der Waals surface area contributed by atoms with Crippen LogP contribution in [0.25, 0.3) is 11.4 Å². The first-order valence-electron chi connectivity index (χ1n) is 9.23. The molecule has 0 unspecified atom stereocenters. The molecule has 0 aliphatic heterocycles. The lowest BCUT2D eigenvalue weighted by Crippen LogP contribution is -2.45. The highest BCUT2D eigenvalue weighted by molar-refractivity contribution is 5.75. The Morgan fingerprint density at radius 3 is 2.72 bits per heavy atom. The van der Waals surface area contributed by atoms with E-state index in [2.05, 4.69) is 53.6 Å². The first kappa shape index (κ1) is 17.6. The number of hydrogen-bond acceptors (Lipinski definition) is 4. The molecule has 6 heteroatoms. The fourth-order valence-electron chi connectivity index (χ4n) is 3.48. The van der Waals surface area contributed by atoms with Crippen LogP contribution in [0.15, 0.2) is 24.3 Å². The molecule has 134 valence electrons. The van der Waals surface area contributed by atoms with Crippen LogP contribution in [0.3, 0.4) is 0 Å². The van der Waals surface area contributed by atoms with Gasteiger partial charge in [-0.15, -0.1) is 10.2 Å². The summed E-state index contributed by atoms with van der Waals surface area (Å²) in [7, 11) is 0. The number of carbonyl (C=O) groups excluding carboxylic acids is 1. The lowest BCUT2D eigenvalue weighted by atomic mass is 9.78. The summed E-state index contributed by atoms with van der Waals surface area (Å²) in [5.74, 6) is 1.67. The van der Waals surface area contributed by atoms with Gasteiger partial charge in [-0.05, 0) is 35.5 Å². The molecule has 1 N–H and O–H groups in total. The highest BCUT2D eigenvalue weighted by atomic mass is 16.2. The predicted octanol–water partition coefficient (Wildman–Crippen LogP) is 2.84. The van der Waals surface area contributed by atoms with Gasteiger partial charge >= 0.3 is 0 Å². The molecule has 1 aromatic carbocycles. The molecule has 1 aliphatic rings. The Morgan fingerprint density at radius 1 is 1.24 bits per heavy atom. The topological polar surface area (TPSA) is 72.7 Å². The summed E-state index contributed by atoms with van der Waals surface area (Å²) in [5.41, 5.74) is 2.19. The molecule has 1 amide bonds. The third-order valence-corrected chi connectivity index (χ3v) is 5.41. The normalized spacial score (nSPS) is 23.4. The summed E-state index contributed by atoms with van der Waals surface area (Å²) in [4.78, 5) is 13.7. The number of tetrazole rings is 1. The molecule has 0 radical (unpaired) electrons. The molecule has 1 aromatic heterocycles. The van der Waals surface area contributed by atoms with Crippen LogP contribution < -0.4 is 5.32 Å². The van der Waals surface area contributed by atoms with Crippen molar-refractivity contribution in [2.75, 3.05) is 0 Å². The first-order chi connectivity index (χ1) is 12.1. The SMILES string of the molecule is CCc1ccc(-c2nnn(CC(=O)N[C@@H]3CCC[C@H](C)[C@@H]3C)n2)cc1. The summed E-state index contributed by atoms with van der Waals surface area (Å²) in [6, 6.07) is 8.36. The van der Waals surface area contributed by atoms with Crippen molar-refractivity contribution in [2.45, 2.75) is 59.0 Å². The van der Waals surface area contributed by atoms with Gasteiger partial charge in [0.15, 0.2) is 0 Å². The highest BCUT2D eigenvalue weighted by Crippen LogP contribution is 2.29. The minimum absolute atomic E-state index is 0.0452. The van der Waals surface area contributed by atoms with Crippen LogP contribution in [0.2, 0.25) is 0 Å². The number of rotatable bonds is 5. The minimum atomic E-state index is -0.0452. The molecule has 0 saturated heterocycles. The second-order valence-corrected chi connectivity index (χ2v) is 7.14. The average Bonchev–Trinajstić information content (AvgIpc) is 3.07. The third-order valence-electron chi connectivity index (χ3n) is 5.41. The van der Waals surface area contributed by atoms with E-state index in [1.807, 2.05) is 12.1 Å². The van der Waals surface area contributed by atoms with Crippen molar-refractivity contribution >= 4 is 5.91 Å². The molecule has 1 heterocycles. The summed E-state index contributed by atoms with van der Waals surface area (Å²) < 4.78 is 0. The molecule has 0 bridgehead atoms. The zero-order valence-electron chi connectivity index (χ0n) is 15.3. The number of aryl methyl sites for hydroxylation is 1. The van der Waals surface area contributed by atoms with Gasteiger partial charge in [-0.3, -0.25) is 4.79 Å². The smallest absolute Gasteiger partial charge is 0.243 e. The van der Waals surface area contributed by atoms with E-state index in [-0.39, 0.29) is 18.5 Å². The van der Waals surface area contributed by atoms with Gasteiger partial charge in [0.05, 0.1) is 0 Å². The number of amides is 1. The van der Waals surface area contributed by atoms with Gasteiger partial charge in [0.25, 0.3) is 0 Å². The van der Waals surface area contributed by atoms with Gasteiger partial charge in [0, 0.05) is 11.6 Å². The van der Waals surface area contributed by atoms with Crippen LogP contribution in [-0.2, 0) is 17.8 Å². The van der Waals surface area contributed by atoms with Crippen LogP contribution in [0, 0.1) is 11.8 Å². The second-order valence-electron chi connectivity index (χ2n) is 7.14. The number of nitrogens with one attached hydrogen (secondary N) is 1. The summed E-state index contributed by atoms with van der Waals surface area (Å²) in [5, 5.41) is 15.6. The van der Waals surface area contributed by atoms with Crippen LogP contribution in [-0.4, -0.2) is 32.2 Å². The molecule has 0 spiro atoms. The van der Waals surface area contributed by atoms with Crippen molar-refractivity contribution in [3.63, 3.8) is 0 Å². The van der Waals surface area contributed by atoms with E-state index in [0.717, 1.165) is 18.4 Å². The van der Waals surface area contributed by atoms with Crippen molar-refractivity contribution in [1.29, 1.82) is 0 Å². The molecule has 1 aliphatic carbocycles. The number of carbonyl (C=O) groups is 1. The van der Waals surface area contributed by atoms with Gasteiger partial charge in [-0.1, -0.05) is 57.9 Å². The Hall–Kier alpha value is -2.24. The Balaban J connectivity index is 1.59. The minimum Gasteiger partial charge on any atom is -0.351 e. The maximum Gasteiger partial charge on any atom is 0.243 e. The molecule has 2 aromatic rings. The molecule has 25 heavy (non-hydrogen) atoms. The lowest BCUT2D eigenvalue weighted by Gasteiger charge is -2.34. The maximum atomic E-state index is 12.3. The number of aromatic nitrogens is 4. The average molecular weight is 341 g/mol. The van der Waals surface area contributed by atoms with Crippen molar-refractivity contribution < 1.29 is 4.79 Å². The van der Waals surface area contributed by atoms with E-state index in [1.165, 1.54) is 23.2 Å². The van der Waals surface area contributed by atoms with Gasteiger partial charge in [0.1, 0.15) is 6.54 Å². The van der Waals surface area contributed by atoms with E-state index in [0.29, 0.717) is 17.7 Å². The summed E-state index contributed by atoms with van der Waals surface area (Å²) in [6.45, 7) is 6.71. The van der Waals surface area contributed by atoms with Crippen molar-refractivity contribution in [3.8, 4) is 11.4 Å². The standard InChI is InChI=1S/C19H27N5O/c1-4-15-8-10-16(11-9-15)19-21-23-24(22-19)12-18(25)20-17-7-5-6-13(2)14(17)3/h8-11,13-14,17H,4-7,12H2,1-3H3,(H,20,25)/t13-,14-,17+/m0/s1. The Labute approximate surface area is 149 Å². The first-order valence-corrected chi connectivity index (χ1v) is 9.23. The quantitative estimate of drug-likeness (QED) is 0.907. The lowest BCUT2D eigenvalue weighted by molar-refractivity contribution is -0.123. The van der Waals surface area contributed by atoms with Crippen LogP contribution in [0.1, 0.15) is 45.6 Å². The Morgan fingerprint density at radius 2 is 2.00 bits per heavy atom. The van der Waals surface area contributed by atoms with Crippen LogP contribution >= 0.6 is 0 Å². The van der Waals surface area contributed by atoms with E-state index >= 15 is 0 Å². The summed E-state index contributed by atoms with van der Waals surface area (Å²) >= 11 is 0. The Kier molecular flexibility index (Phi) is 5.46. The van der Waals surface area contributed by atoms with Crippen molar-refractivity contribution in [3.05, 3.63) is 29.8 Å². The molecule has 3 rings (SSSR count). The van der Waals surface area contributed by atoms with E-state index in [4.69, 9.17) is 0 Å². The van der Waals surface area contributed by atoms with E-state index in [1.54, 1.807) is 0 Å². The van der Waals surface area contributed by atoms with Gasteiger partial charge in [0.2, 0.25) is 11.7 Å². The monoisotopic (exact) mass is 341 g/mol. The van der Waals surface area contributed by atoms with Gasteiger partial charge in [-0.2, -0.15) is 4.80 Å². The van der Waals surface area contributed by atoms with Crippen molar-refractivity contribution in [1.82, 2.24) is 25.5 Å². The fraction of sp³-hybridized carbons (Fsp3) is 0.579. The summed E-state index contributed by atoms with van der Waals surface area (Å²) in [6.07, 6.45) is 4.48. The van der Waals surface area contributed by atoms with E-state index < -0.39 is 0 Å². The zero-order valence-corrected chi connectivity index (χ0v) is 15.3. The van der Waals surface area contributed by atoms with Gasteiger partial charge in [-0.25, -0.2) is 0 Å². The van der Waals surface area contributed by atoms with Gasteiger partial charge < -0.3 is 5.32 Å². The van der Waals surface area contributed by atoms with Crippen LogP contribution in [0.5, 0.6) is 0 Å². The highest BCUT2D eigenvalue weighted by Gasteiger charge is 2.28. The second kappa shape index (κ2) is 7.76. The molecular formula is C19H27N5O. The number of hydrogen-bond donors (Lipinski definition) is 1. The van der Waals surface area contributed by atoms with Crippen molar-refractivity contribution in [2.24, 2.45) is 11.8 Å². The number of benzene rings is 1. The number of nitrogens with zero attached hydrogens (tertiary/aromatic N) is 4. The largest absolute Gasteiger partial charge is 0.351 e. The predicted molar refractivity (Wildman–Crippen MR) is 96.7 cm³/mol. The molecule has 3 atom stereocenters. The van der Waals surface area contributed by atoms with Crippen LogP contribution in [0.4, 0.5) is 0 Å². The fourth-order valence-corrected chi connectivity index (χ4v) is 3.48. The Bertz CT molecular complexity index is 709. The zero-order chi connectivity index (χ0) is 17.8.